The monoisotopic (exact) mass is 367 g/mol. The van der Waals surface area contributed by atoms with Crippen molar-refractivity contribution in [2.45, 2.75) is 24.5 Å². The van der Waals surface area contributed by atoms with Gasteiger partial charge in [0.1, 0.15) is 18.3 Å². The second-order valence-corrected chi connectivity index (χ2v) is 5.61. The number of carbonyl (C=O) groups excluding carboxylic acids is 1. The summed E-state index contributed by atoms with van der Waals surface area (Å²) < 4.78 is 23.2. The van der Waals surface area contributed by atoms with Crippen LogP contribution in [0.15, 0.2) is 6.33 Å². The van der Waals surface area contributed by atoms with E-state index in [0.29, 0.717) is 17.0 Å². The molecule has 1 aliphatic rings. The molecule has 0 bridgehead atoms. The molecule has 2 aromatic rings. The lowest BCUT2D eigenvalue weighted by Gasteiger charge is -2.21. The van der Waals surface area contributed by atoms with E-state index in [0.717, 1.165) is 0 Å². The van der Waals surface area contributed by atoms with Gasteiger partial charge in [0, 0.05) is 21.3 Å². The number of hydrogen-bond donors (Lipinski definition) is 2. The summed E-state index contributed by atoms with van der Waals surface area (Å²) in [6.45, 7) is -0.230. The lowest BCUT2D eigenvalue weighted by Crippen LogP contribution is -2.36. The molecule has 1 saturated heterocycles. The summed E-state index contributed by atoms with van der Waals surface area (Å²) in [6.07, 6.45) is -0.692. The Morgan fingerprint density at radius 3 is 2.62 bits per heavy atom. The Bertz CT molecular complexity index is 796. The highest BCUT2D eigenvalue weighted by atomic mass is 16.6. The van der Waals surface area contributed by atoms with Gasteiger partial charge in [-0.3, -0.25) is 4.57 Å². The first-order valence-corrected chi connectivity index (χ1v) is 7.92. The number of aromatic nitrogens is 4. The average molecular weight is 367 g/mol. The summed E-state index contributed by atoms with van der Waals surface area (Å²) in [6, 6.07) is 0. The Morgan fingerprint density at radius 2 is 2.04 bits per heavy atom. The maximum Gasteiger partial charge on any atom is 0.376 e. The molecule has 0 radical (unpaired) electrons. The summed E-state index contributed by atoms with van der Waals surface area (Å²) in [7, 11) is 5.96. The molecule has 11 nitrogen and oxygen atoms in total. The number of ether oxygens (including phenoxy) is 4. The van der Waals surface area contributed by atoms with Crippen LogP contribution in [0.2, 0.25) is 0 Å². The van der Waals surface area contributed by atoms with Gasteiger partial charge < -0.3 is 29.4 Å². The fourth-order valence-corrected chi connectivity index (χ4v) is 3.07. The highest BCUT2D eigenvalue weighted by molar-refractivity contribution is 5.91. The van der Waals surface area contributed by atoms with Crippen molar-refractivity contribution in [3.05, 3.63) is 12.2 Å². The number of fused-ring (bicyclic) bond motifs is 1. The van der Waals surface area contributed by atoms with Crippen LogP contribution in [0.5, 0.6) is 0 Å². The summed E-state index contributed by atoms with van der Waals surface area (Å²) in [4.78, 5) is 24.6. The Hall–Kier alpha value is -2.34. The van der Waals surface area contributed by atoms with E-state index in [1.807, 2.05) is 0 Å². The molecule has 11 heteroatoms. The highest BCUT2D eigenvalue weighted by Crippen LogP contribution is 2.35. The van der Waals surface area contributed by atoms with Crippen LogP contribution in [0, 0.1) is 0 Å². The third-order valence-electron chi connectivity index (χ3n) is 4.31. The number of hydrogen-bond acceptors (Lipinski definition) is 10. The van der Waals surface area contributed by atoms with Crippen molar-refractivity contribution in [2.75, 3.05) is 40.3 Å². The number of rotatable bonds is 6. The van der Waals surface area contributed by atoms with Crippen LogP contribution >= 0.6 is 0 Å². The molecular weight excluding hydrogens is 346 g/mol. The van der Waals surface area contributed by atoms with E-state index in [1.54, 1.807) is 11.6 Å². The van der Waals surface area contributed by atoms with Gasteiger partial charge in [0.2, 0.25) is 5.82 Å². The number of nitrogens with zero attached hydrogens (tertiary/aromatic N) is 4. The predicted octanol–water partition coefficient (Wildman–Crippen LogP) is -0.426. The van der Waals surface area contributed by atoms with Gasteiger partial charge in [-0.05, 0) is 0 Å². The van der Waals surface area contributed by atoms with Gasteiger partial charge >= 0.3 is 5.97 Å². The molecule has 0 aromatic carbocycles. The molecule has 2 N–H and O–H groups in total. The maximum atomic E-state index is 11.9. The lowest BCUT2D eigenvalue weighted by molar-refractivity contribution is -0.0583. The lowest BCUT2D eigenvalue weighted by atomic mass is 10.1. The zero-order valence-corrected chi connectivity index (χ0v) is 14.9. The van der Waals surface area contributed by atoms with Crippen molar-refractivity contribution in [3.63, 3.8) is 0 Å². The molecule has 26 heavy (non-hydrogen) atoms. The quantitative estimate of drug-likeness (QED) is 0.649. The topological polar surface area (TPSA) is 130 Å². The first kappa shape index (κ1) is 18.5. The third-order valence-corrected chi connectivity index (χ3v) is 4.31. The number of imidazole rings is 1. The summed E-state index contributed by atoms with van der Waals surface area (Å²) in [5.41, 5.74) is 0.824. The number of nitrogens with one attached hydrogen (secondary N) is 1. The van der Waals surface area contributed by atoms with E-state index >= 15 is 0 Å². The zero-order valence-electron chi connectivity index (χ0n) is 14.9. The van der Waals surface area contributed by atoms with Crippen LogP contribution in [0.3, 0.4) is 0 Å². The Morgan fingerprint density at radius 1 is 1.31 bits per heavy atom. The van der Waals surface area contributed by atoms with E-state index in [9.17, 15) is 9.90 Å². The van der Waals surface area contributed by atoms with Crippen LogP contribution in [0.4, 0.5) is 5.82 Å². The maximum absolute atomic E-state index is 11.9. The number of methoxy groups -OCH3 is 3. The Labute approximate surface area is 149 Å². The predicted molar refractivity (Wildman–Crippen MR) is 88.8 cm³/mol. The van der Waals surface area contributed by atoms with Crippen LogP contribution in [-0.2, 0) is 18.9 Å². The second kappa shape index (κ2) is 7.50. The smallest absolute Gasteiger partial charge is 0.376 e. The molecule has 3 heterocycles. The normalized spacial score (nSPS) is 25.6. The zero-order chi connectivity index (χ0) is 18.8. The van der Waals surface area contributed by atoms with Crippen LogP contribution < -0.4 is 5.32 Å². The van der Waals surface area contributed by atoms with Gasteiger partial charge in [-0.2, -0.15) is 0 Å². The molecule has 0 spiro atoms. The minimum absolute atomic E-state index is 0.111. The molecule has 3 rings (SSSR count). The molecule has 0 amide bonds. The van der Waals surface area contributed by atoms with Crippen molar-refractivity contribution < 1.29 is 28.8 Å². The van der Waals surface area contributed by atoms with Crippen molar-refractivity contribution in [2.24, 2.45) is 0 Å². The molecule has 1 aliphatic heterocycles. The second-order valence-electron chi connectivity index (χ2n) is 5.61. The number of aliphatic hydroxyl groups excluding tert-OH is 1. The van der Waals surface area contributed by atoms with Gasteiger partial charge in [0.25, 0.3) is 0 Å². The van der Waals surface area contributed by atoms with E-state index < -0.39 is 30.5 Å². The number of aliphatic hydroxyl groups is 1. The van der Waals surface area contributed by atoms with Crippen LogP contribution in [0.25, 0.3) is 11.2 Å². The van der Waals surface area contributed by atoms with Gasteiger partial charge in [0.15, 0.2) is 23.2 Å². The van der Waals surface area contributed by atoms with Gasteiger partial charge in [-0.1, -0.05) is 0 Å². The largest absolute Gasteiger partial charge is 0.463 e. The van der Waals surface area contributed by atoms with Crippen LogP contribution in [-0.4, -0.2) is 83.9 Å². The summed E-state index contributed by atoms with van der Waals surface area (Å²) in [5, 5.41) is 12.4. The molecule has 0 aliphatic carbocycles. The number of esters is 1. The van der Waals surface area contributed by atoms with E-state index in [2.05, 4.69) is 20.3 Å². The van der Waals surface area contributed by atoms with Gasteiger partial charge in [-0.25, -0.2) is 19.7 Å². The molecule has 1 fully saturated rings. The Balaban J connectivity index is 2.11. The number of carbonyl (C=O) groups is 1. The Kier molecular flexibility index (Phi) is 5.32. The van der Waals surface area contributed by atoms with Crippen molar-refractivity contribution >= 4 is 23.0 Å². The van der Waals surface area contributed by atoms with Crippen molar-refractivity contribution in [1.82, 2.24) is 19.5 Å². The van der Waals surface area contributed by atoms with Crippen LogP contribution in [0.1, 0.15) is 16.8 Å². The van der Waals surface area contributed by atoms with E-state index in [-0.39, 0.29) is 12.4 Å². The standard InChI is InChI=1S/C15H21N5O6/c1-16-11-8-13(19-12(18-11)15(22)25-4)20(6-17-8)14-10(24-3)9(23-2)7(5-21)26-14/h6-7,9-10,14,21H,5H2,1-4H3,(H,16,18,19)/t7-,9?,10?,14?/m1/s1. The van der Waals surface area contributed by atoms with Crippen molar-refractivity contribution in [1.29, 1.82) is 0 Å². The summed E-state index contributed by atoms with van der Waals surface area (Å²) in [5.74, 6) is -0.405. The third kappa shape index (κ3) is 2.88. The number of anilines is 1. The summed E-state index contributed by atoms with van der Waals surface area (Å²) >= 11 is 0. The molecule has 4 atom stereocenters. The van der Waals surface area contributed by atoms with E-state index in [4.69, 9.17) is 18.9 Å². The molecular formula is C15H21N5O6. The fraction of sp³-hybridized carbons (Fsp3) is 0.600. The highest BCUT2D eigenvalue weighted by Gasteiger charge is 2.46. The van der Waals surface area contributed by atoms with E-state index in [1.165, 1.54) is 27.7 Å². The minimum Gasteiger partial charge on any atom is -0.463 e. The molecule has 2 aromatic heterocycles. The molecule has 3 unspecified atom stereocenters. The van der Waals surface area contributed by atoms with Crippen molar-refractivity contribution in [3.8, 4) is 0 Å². The fourth-order valence-electron chi connectivity index (χ4n) is 3.07. The average Bonchev–Trinajstić information content (AvgIpc) is 3.26. The van der Waals surface area contributed by atoms with Gasteiger partial charge in [0.05, 0.1) is 20.0 Å². The first-order chi connectivity index (χ1) is 12.6. The molecule has 0 saturated carbocycles. The first-order valence-electron chi connectivity index (χ1n) is 7.92. The van der Waals surface area contributed by atoms with Gasteiger partial charge in [-0.15, -0.1) is 0 Å². The molecule has 142 valence electrons. The SMILES string of the molecule is CNc1nc(C(=O)OC)nc2c1ncn2C1O[C@H](CO)C(OC)C1OC. The minimum atomic E-state index is -0.671.